The van der Waals surface area contributed by atoms with Crippen molar-refractivity contribution in [2.45, 2.75) is 31.8 Å². The number of hydrogen-bond donors (Lipinski definition) is 2. The molecular weight excluding hydrogens is 354 g/mol. The van der Waals surface area contributed by atoms with E-state index in [1.54, 1.807) is 24.4 Å². The molecule has 7 heteroatoms. The van der Waals surface area contributed by atoms with Gasteiger partial charge in [0.05, 0.1) is 31.4 Å². The van der Waals surface area contributed by atoms with E-state index < -0.39 is 0 Å². The minimum Gasteiger partial charge on any atom is -0.634 e. The average molecular weight is 376 g/mol. The van der Waals surface area contributed by atoms with Crippen LogP contribution in [0.15, 0.2) is 42.6 Å². The van der Waals surface area contributed by atoms with Crippen molar-refractivity contribution in [2.75, 3.05) is 18.5 Å². The molecule has 1 fully saturated rings. The summed E-state index contributed by atoms with van der Waals surface area (Å²) in [5, 5.41) is 16.0. The third-order valence-corrected chi connectivity index (χ3v) is 4.81. The van der Waals surface area contributed by atoms with E-state index in [0.29, 0.717) is 29.6 Å². The van der Waals surface area contributed by atoms with Crippen LogP contribution in [0.5, 0.6) is 0 Å². The van der Waals surface area contributed by atoms with Crippen LogP contribution < -0.4 is 10.4 Å². The number of hydroxylamine groups is 2. The highest BCUT2D eigenvalue weighted by atomic mass is 35.5. The summed E-state index contributed by atoms with van der Waals surface area (Å²) in [6, 6.07) is 10.8. The highest BCUT2D eigenvalue weighted by molar-refractivity contribution is 6.31. The molecule has 2 N–H and O–H groups in total. The molecule has 1 saturated heterocycles. The fourth-order valence-electron chi connectivity index (χ4n) is 3.01. The molecule has 1 atom stereocenters. The summed E-state index contributed by atoms with van der Waals surface area (Å²) >= 11 is 6.09. The van der Waals surface area contributed by atoms with Crippen molar-refractivity contribution in [2.24, 2.45) is 0 Å². The monoisotopic (exact) mass is 375 g/mol. The van der Waals surface area contributed by atoms with Crippen molar-refractivity contribution < 1.29 is 14.6 Å². The maximum atomic E-state index is 12.4. The molecule has 6 nitrogen and oxygen atoms in total. The second-order valence-corrected chi connectivity index (χ2v) is 6.79. The second kappa shape index (κ2) is 9.09. The summed E-state index contributed by atoms with van der Waals surface area (Å²) in [4.78, 5) is 16.5. The number of amides is 1. The lowest BCUT2D eigenvalue weighted by Gasteiger charge is -2.33. The number of carbonyl (C=O) groups is 1. The Hall–Kier alpha value is -1.99. The number of halogens is 1. The molecule has 3 rings (SSSR count). The van der Waals surface area contributed by atoms with E-state index in [-0.39, 0.29) is 30.0 Å². The summed E-state index contributed by atoms with van der Waals surface area (Å²) in [6.07, 6.45) is 3.34. The van der Waals surface area contributed by atoms with Gasteiger partial charge in [-0.3, -0.25) is 9.78 Å². The summed E-state index contributed by atoms with van der Waals surface area (Å²) in [5.41, 5.74) is 2.07. The Labute approximate surface area is 157 Å². The van der Waals surface area contributed by atoms with Gasteiger partial charge in [0.1, 0.15) is 6.54 Å². The molecule has 1 aliphatic rings. The summed E-state index contributed by atoms with van der Waals surface area (Å²) < 4.78 is 5.30. The van der Waals surface area contributed by atoms with Gasteiger partial charge >= 0.3 is 0 Å². The molecule has 26 heavy (non-hydrogen) atoms. The first-order chi connectivity index (χ1) is 12.6. The van der Waals surface area contributed by atoms with E-state index >= 15 is 0 Å². The van der Waals surface area contributed by atoms with E-state index in [0.717, 1.165) is 18.4 Å². The smallest absolute Gasteiger partial charge is 0.228 e. The highest BCUT2D eigenvalue weighted by Gasteiger charge is 2.20. The van der Waals surface area contributed by atoms with Crippen LogP contribution in [0, 0.1) is 5.21 Å². The van der Waals surface area contributed by atoms with Crippen molar-refractivity contribution in [3.63, 3.8) is 0 Å². The lowest BCUT2D eigenvalue weighted by Crippen LogP contribution is -3.10. The Kier molecular flexibility index (Phi) is 6.57. The standard InChI is InChI=1S/C19H22ClN3O3/c20-18-4-2-1-3-14(18)11-19(24)22-15-5-8-21-16(12-15)13-23(25)17-6-9-26-10-7-17/h1-5,8,12,17,23H,6-7,9-11,13H2,(H,21,22,24). The number of benzene rings is 1. The van der Waals surface area contributed by atoms with Gasteiger partial charge in [0.25, 0.3) is 0 Å². The quantitative estimate of drug-likeness (QED) is 0.757. The lowest BCUT2D eigenvalue weighted by atomic mass is 10.1. The first-order valence-corrected chi connectivity index (χ1v) is 9.08. The van der Waals surface area contributed by atoms with E-state index in [1.165, 1.54) is 0 Å². The van der Waals surface area contributed by atoms with Gasteiger partial charge in [0.15, 0.2) is 0 Å². The van der Waals surface area contributed by atoms with Gasteiger partial charge in [-0.1, -0.05) is 29.8 Å². The normalized spacial score (nSPS) is 16.2. The second-order valence-electron chi connectivity index (χ2n) is 6.38. The van der Waals surface area contributed by atoms with Crippen LogP contribution in [0.25, 0.3) is 0 Å². The molecule has 138 valence electrons. The maximum Gasteiger partial charge on any atom is 0.228 e. The van der Waals surface area contributed by atoms with Crippen LogP contribution in [0.4, 0.5) is 5.69 Å². The van der Waals surface area contributed by atoms with Crippen molar-refractivity contribution in [3.05, 3.63) is 64.1 Å². The van der Waals surface area contributed by atoms with E-state index in [2.05, 4.69) is 10.3 Å². The molecule has 1 unspecified atom stereocenters. The van der Waals surface area contributed by atoms with Crippen molar-refractivity contribution >= 4 is 23.2 Å². The Morgan fingerprint density at radius 1 is 1.31 bits per heavy atom. The average Bonchev–Trinajstić information content (AvgIpc) is 2.64. The van der Waals surface area contributed by atoms with Crippen LogP contribution in [0.2, 0.25) is 5.02 Å². The minimum absolute atomic E-state index is 0.0454. The predicted octanol–water partition coefficient (Wildman–Crippen LogP) is 1.98. The molecule has 0 saturated carbocycles. The Balaban J connectivity index is 1.58. The van der Waals surface area contributed by atoms with Crippen LogP contribution in [-0.2, 0) is 22.5 Å². The van der Waals surface area contributed by atoms with Crippen LogP contribution in [-0.4, -0.2) is 30.1 Å². The Bertz CT molecular complexity index is 750. The number of anilines is 1. The fourth-order valence-corrected chi connectivity index (χ4v) is 3.22. The zero-order valence-corrected chi connectivity index (χ0v) is 15.2. The molecular formula is C19H22ClN3O3. The number of hydrogen-bond acceptors (Lipinski definition) is 4. The molecule has 0 radical (unpaired) electrons. The number of pyridine rings is 1. The molecule has 0 spiro atoms. The SMILES string of the molecule is O=C(Cc1ccccc1Cl)Nc1ccnc(C[NH+]([O-])C2CCOCC2)c1. The molecule has 1 aromatic heterocycles. The summed E-state index contributed by atoms with van der Waals surface area (Å²) in [6.45, 7) is 1.56. The van der Waals surface area contributed by atoms with E-state index in [9.17, 15) is 10.0 Å². The van der Waals surface area contributed by atoms with Gasteiger partial charge in [-0.25, -0.2) is 0 Å². The molecule has 0 aliphatic carbocycles. The molecule has 2 heterocycles. The predicted molar refractivity (Wildman–Crippen MR) is 99.9 cm³/mol. The molecule has 2 aromatic rings. The first-order valence-electron chi connectivity index (χ1n) is 8.70. The van der Waals surface area contributed by atoms with E-state index in [4.69, 9.17) is 16.3 Å². The number of ether oxygens (including phenoxy) is 1. The van der Waals surface area contributed by atoms with Gasteiger partial charge < -0.3 is 20.3 Å². The van der Waals surface area contributed by atoms with Gasteiger partial charge in [0.2, 0.25) is 5.91 Å². The van der Waals surface area contributed by atoms with Crippen molar-refractivity contribution in [3.8, 4) is 0 Å². The van der Waals surface area contributed by atoms with Gasteiger partial charge in [-0.05, 0) is 23.8 Å². The number of rotatable bonds is 6. The van der Waals surface area contributed by atoms with Gasteiger partial charge in [-0.15, -0.1) is 0 Å². The number of aromatic nitrogens is 1. The number of nitrogens with zero attached hydrogens (tertiary/aromatic N) is 1. The highest BCUT2D eigenvalue weighted by Crippen LogP contribution is 2.16. The van der Waals surface area contributed by atoms with Gasteiger partial charge in [-0.2, -0.15) is 0 Å². The van der Waals surface area contributed by atoms with Crippen molar-refractivity contribution in [1.82, 2.24) is 4.98 Å². The maximum absolute atomic E-state index is 12.4. The topological polar surface area (TPSA) is 78.7 Å². The fraction of sp³-hybridized carbons (Fsp3) is 0.368. The van der Waals surface area contributed by atoms with E-state index in [1.807, 2.05) is 18.2 Å². The molecule has 0 bridgehead atoms. The number of nitrogens with one attached hydrogen (secondary N) is 2. The van der Waals surface area contributed by atoms with Gasteiger partial charge in [0, 0.05) is 29.7 Å². The Morgan fingerprint density at radius 2 is 2.08 bits per heavy atom. The minimum atomic E-state index is -0.161. The summed E-state index contributed by atoms with van der Waals surface area (Å²) in [5.74, 6) is -0.161. The number of quaternary nitrogens is 1. The lowest BCUT2D eigenvalue weighted by molar-refractivity contribution is -0.891. The molecule has 1 aromatic carbocycles. The third kappa shape index (κ3) is 5.25. The Morgan fingerprint density at radius 3 is 2.85 bits per heavy atom. The van der Waals surface area contributed by atoms with Crippen LogP contribution in [0.1, 0.15) is 24.1 Å². The summed E-state index contributed by atoms with van der Waals surface area (Å²) in [7, 11) is 0. The largest absolute Gasteiger partial charge is 0.634 e. The van der Waals surface area contributed by atoms with Crippen molar-refractivity contribution in [1.29, 1.82) is 0 Å². The number of carbonyl (C=O) groups excluding carboxylic acids is 1. The third-order valence-electron chi connectivity index (χ3n) is 4.44. The van der Waals surface area contributed by atoms with Crippen LogP contribution in [0.3, 0.4) is 0 Å². The zero-order chi connectivity index (χ0) is 18.4. The van der Waals surface area contributed by atoms with Crippen LogP contribution >= 0.6 is 11.6 Å². The molecule has 1 aliphatic heterocycles. The zero-order valence-electron chi connectivity index (χ0n) is 14.4. The first kappa shape index (κ1) is 18.8. The molecule has 1 amide bonds.